The molecule has 30 heavy (non-hydrogen) atoms. The fraction of sp³-hybridized carbons (Fsp3) is 0.304. The van der Waals surface area contributed by atoms with Crippen LogP contribution in [0.1, 0.15) is 37.0 Å². The average Bonchev–Trinajstić information content (AvgIpc) is 2.97. The van der Waals surface area contributed by atoms with E-state index in [1.165, 1.54) is 10.5 Å². The number of carbonyl (C=O) groups is 2. The van der Waals surface area contributed by atoms with Crippen molar-refractivity contribution in [3.63, 3.8) is 0 Å². The molecule has 6 nitrogen and oxygen atoms in total. The molecule has 3 amide bonds. The minimum Gasteiger partial charge on any atom is -0.490 e. The molecule has 0 saturated carbocycles. The number of ether oxygens (including phenoxy) is 2. The van der Waals surface area contributed by atoms with Gasteiger partial charge in [0.15, 0.2) is 11.5 Å². The molecule has 1 saturated heterocycles. The fourth-order valence-corrected chi connectivity index (χ4v) is 3.60. The monoisotopic (exact) mass is 472 g/mol. The third-order valence-corrected chi connectivity index (χ3v) is 5.24. The Bertz CT molecular complexity index is 987. The SMILES string of the molecule is CCCN1C(=O)N/C(=C/c2cc(OCC)c(OCc3cccc(C)c3)cc2Br)C1=O. The van der Waals surface area contributed by atoms with Crippen LogP contribution in [0, 0.1) is 6.92 Å². The Morgan fingerprint density at radius 1 is 1.10 bits per heavy atom. The summed E-state index contributed by atoms with van der Waals surface area (Å²) in [5, 5.41) is 2.64. The molecular weight excluding hydrogens is 448 g/mol. The van der Waals surface area contributed by atoms with Gasteiger partial charge >= 0.3 is 6.03 Å². The number of urea groups is 1. The quantitative estimate of drug-likeness (QED) is 0.431. The van der Waals surface area contributed by atoms with Crippen LogP contribution in [0.15, 0.2) is 46.6 Å². The van der Waals surface area contributed by atoms with Crippen LogP contribution in [0.5, 0.6) is 11.5 Å². The van der Waals surface area contributed by atoms with Crippen molar-refractivity contribution in [2.75, 3.05) is 13.2 Å². The molecule has 2 aromatic carbocycles. The van der Waals surface area contributed by atoms with E-state index >= 15 is 0 Å². The van der Waals surface area contributed by atoms with E-state index in [-0.39, 0.29) is 11.6 Å². The molecule has 1 fully saturated rings. The molecule has 1 N–H and O–H groups in total. The molecule has 1 aliphatic rings. The van der Waals surface area contributed by atoms with Crippen LogP contribution in [0.2, 0.25) is 0 Å². The van der Waals surface area contributed by atoms with E-state index in [0.29, 0.717) is 43.2 Å². The summed E-state index contributed by atoms with van der Waals surface area (Å²) in [6, 6.07) is 11.3. The first-order valence-electron chi connectivity index (χ1n) is 9.92. The van der Waals surface area contributed by atoms with Crippen molar-refractivity contribution in [1.29, 1.82) is 0 Å². The second kappa shape index (κ2) is 9.80. The minimum atomic E-state index is -0.396. The molecule has 0 aromatic heterocycles. The number of imide groups is 1. The van der Waals surface area contributed by atoms with Gasteiger partial charge in [0.1, 0.15) is 12.3 Å². The van der Waals surface area contributed by atoms with Crippen LogP contribution in [0.3, 0.4) is 0 Å². The van der Waals surface area contributed by atoms with Gasteiger partial charge in [-0.3, -0.25) is 9.69 Å². The molecule has 0 unspecified atom stereocenters. The van der Waals surface area contributed by atoms with Gasteiger partial charge < -0.3 is 14.8 Å². The van der Waals surface area contributed by atoms with Crippen LogP contribution >= 0.6 is 15.9 Å². The zero-order valence-electron chi connectivity index (χ0n) is 17.3. The highest BCUT2D eigenvalue weighted by molar-refractivity contribution is 9.10. The zero-order valence-corrected chi connectivity index (χ0v) is 18.9. The Balaban J connectivity index is 1.86. The summed E-state index contributed by atoms with van der Waals surface area (Å²) >= 11 is 3.54. The summed E-state index contributed by atoms with van der Waals surface area (Å²) in [5.41, 5.74) is 3.19. The lowest BCUT2D eigenvalue weighted by Gasteiger charge is -2.14. The maximum Gasteiger partial charge on any atom is 0.329 e. The largest absolute Gasteiger partial charge is 0.490 e. The number of amides is 3. The highest BCUT2D eigenvalue weighted by atomic mass is 79.9. The van der Waals surface area contributed by atoms with Crippen molar-refractivity contribution < 1.29 is 19.1 Å². The lowest BCUT2D eigenvalue weighted by atomic mass is 10.1. The summed E-state index contributed by atoms with van der Waals surface area (Å²) in [5.74, 6) is 0.843. The van der Waals surface area contributed by atoms with E-state index in [1.807, 2.05) is 45.0 Å². The molecule has 1 aliphatic heterocycles. The van der Waals surface area contributed by atoms with E-state index in [4.69, 9.17) is 9.47 Å². The Hall–Kier alpha value is -2.80. The van der Waals surface area contributed by atoms with Crippen molar-refractivity contribution in [2.24, 2.45) is 0 Å². The molecular formula is C23H25BrN2O4. The average molecular weight is 473 g/mol. The number of benzene rings is 2. The van der Waals surface area contributed by atoms with Crippen LogP contribution in [0.25, 0.3) is 6.08 Å². The fourth-order valence-electron chi connectivity index (χ4n) is 3.16. The number of hydrogen-bond donors (Lipinski definition) is 1. The number of carbonyl (C=O) groups excluding carboxylic acids is 2. The molecule has 7 heteroatoms. The van der Waals surface area contributed by atoms with Gasteiger partial charge in [0.25, 0.3) is 5.91 Å². The maximum absolute atomic E-state index is 12.5. The van der Waals surface area contributed by atoms with Crippen molar-refractivity contribution in [3.05, 3.63) is 63.3 Å². The molecule has 158 valence electrons. The molecule has 0 bridgehead atoms. The Morgan fingerprint density at radius 2 is 1.87 bits per heavy atom. The van der Waals surface area contributed by atoms with Crippen LogP contribution in [-0.4, -0.2) is 30.0 Å². The first kappa shape index (κ1) is 21.9. The zero-order chi connectivity index (χ0) is 21.7. The molecule has 0 aliphatic carbocycles. The second-order valence-electron chi connectivity index (χ2n) is 6.98. The summed E-state index contributed by atoms with van der Waals surface area (Å²) in [6.45, 7) is 7.13. The lowest BCUT2D eigenvalue weighted by molar-refractivity contribution is -0.122. The van der Waals surface area contributed by atoms with Gasteiger partial charge in [-0.05, 0) is 49.6 Å². The van der Waals surface area contributed by atoms with Crippen molar-refractivity contribution >= 4 is 33.9 Å². The second-order valence-corrected chi connectivity index (χ2v) is 7.83. The predicted octanol–water partition coefficient (Wildman–Crippen LogP) is 5.04. The molecule has 0 spiro atoms. The maximum atomic E-state index is 12.5. The van der Waals surface area contributed by atoms with E-state index in [0.717, 1.165) is 10.0 Å². The Morgan fingerprint density at radius 3 is 2.57 bits per heavy atom. The van der Waals surface area contributed by atoms with Gasteiger partial charge in [0.2, 0.25) is 0 Å². The van der Waals surface area contributed by atoms with E-state index < -0.39 is 6.03 Å². The molecule has 1 heterocycles. The van der Waals surface area contributed by atoms with Gasteiger partial charge in [0.05, 0.1) is 6.61 Å². The van der Waals surface area contributed by atoms with Crippen LogP contribution < -0.4 is 14.8 Å². The number of aryl methyl sites for hydroxylation is 1. The van der Waals surface area contributed by atoms with E-state index in [1.54, 1.807) is 12.1 Å². The predicted molar refractivity (Wildman–Crippen MR) is 119 cm³/mol. The number of hydrogen-bond acceptors (Lipinski definition) is 4. The van der Waals surface area contributed by atoms with E-state index in [2.05, 4.69) is 27.3 Å². The third-order valence-electron chi connectivity index (χ3n) is 4.55. The highest BCUT2D eigenvalue weighted by Crippen LogP contribution is 2.35. The van der Waals surface area contributed by atoms with Crippen LogP contribution in [0.4, 0.5) is 4.79 Å². The van der Waals surface area contributed by atoms with Crippen molar-refractivity contribution in [3.8, 4) is 11.5 Å². The van der Waals surface area contributed by atoms with Crippen LogP contribution in [-0.2, 0) is 11.4 Å². The molecule has 3 rings (SSSR count). The number of rotatable bonds is 8. The first-order chi connectivity index (χ1) is 14.4. The summed E-state index contributed by atoms with van der Waals surface area (Å²) in [4.78, 5) is 25.7. The van der Waals surface area contributed by atoms with Gasteiger partial charge in [-0.15, -0.1) is 0 Å². The number of halogens is 1. The van der Waals surface area contributed by atoms with E-state index in [9.17, 15) is 9.59 Å². The standard InChI is InChI=1S/C23H25BrN2O4/c1-4-9-26-22(27)19(25-23(26)28)11-17-12-20(29-5-2)21(13-18(17)24)30-14-16-8-6-7-15(3)10-16/h6-8,10-13H,4-5,9,14H2,1-3H3,(H,25,28)/b19-11+. The Kier molecular flexibility index (Phi) is 7.15. The molecule has 0 radical (unpaired) electrons. The highest BCUT2D eigenvalue weighted by Gasteiger charge is 2.32. The van der Waals surface area contributed by atoms with Gasteiger partial charge in [-0.2, -0.15) is 0 Å². The summed E-state index contributed by atoms with van der Waals surface area (Å²) in [7, 11) is 0. The molecule has 0 atom stereocenters. The Labute approximate surface area is 185 Å². The first-order valence-corrected chi connectivity index (χ1v) is 10.7. The lowest BCUT2D eigenvalue weighted by Crippen LogP contribution is -2.31. The minimum absolute atomic E-state index is 0.241. The summed E-state index contributed by atoms with van der Waals surface area (Å²) in [6.07, 6.45) is 2.35. The van der Waals surface area contributed by atoms with Gasteiger partial charge in [-0.25, -0.2) is 4.79 Å². The number of nitrogens with zero attached hydrogens (tertiary/aromatic N) is 1. The summed E-state index contributed by atoms with van der Waals surface area (Å²) < 4.78 is 12.5. The van der Waals surface area contributed by atoms with Gasteiger partial charge in [-0.1, -0.05) is 52.7 Å². The normalized spacial score (nSPS) is 14.9. The smallest absolute Gasteiger partial charge is 0.329 e. The third kappa shape index (κ3) is 5.02. The number of nitrogens with one attached hydrogen (secondary N) is 1. The van der Waals surface area contributed by atoms with Crippen molar-refractivity contribution in [1.82, 2.24) is 10.2 Å². The van der Waals surface area contributed by atoms with Gasteiger partial charge in [0, 0.05) is 11.0 Å². The topological polar surface area (TPSA) is 67.9 Å². The van der Waals surface area contributed by atoms with Crippen molar-refractivity contribution in [2.45, 2.75) is 33.8 Å². The molecule has 2 aromatic rings.